The number of aromatic nitrogens is 2. The number of morpholine rings is 1. The van der Waals surface area contributed by atoms with Crippen molar-refractivity contribution in [3.05, 3.63) is 28.8 Å². The zero-order valence-corrected chi connectivity index (χ0v) is 12.5. The molecule has 2 heterocycles. The number of hydrogen-bond acceptors (Lipinski definition) is 3. The first-order chi connectivity index (χ1) is 10.1. The van der Waals surface area contributed by atoms with E-state index < -0.39 is 6.04 Å². The summed E-state index contributed by atoms with van der Waals surface area (Å²) < 4.78 is 20.7. The maximum Gasteiger partial charge on any atom is 0.245 e. The molecule has 1 fully saturated rings. The number of aromatic amines is 1. The normalized spacial score (nSPS) is 17.1. The monoisotopic (exact) mass is 309 g/mol. The summed E-state index contributed by atoms with van der Waals surface area (Å²) in [6, 6.07) is 3.95. The highest BCUT2D eigenvalue weighted by molar-refractivity contribution is 7.71. The molecule has 21 heavy (non-hydrogen) atoms. The molecule has 1 aliphatic rings. The minimum atomic E-state index is -0.435. The summed E-state index contributed by atoms with van der Waals surface area (Å²) >= 11 is 5.28. The molecule has 1 aliphatic heterocycles. The molecule has 2 aromatic rings. The summed E-state index contributed by atoms with van der Waals surface area (Å²) in [5.41, 5.74) is 1.33. The van der Waals surface area contributed by atoms with Gasteiger partial charge >= 0.3 is 0 Å². The minimum Gasteiger partial charge on any atom is -0.378 e. The second-order valence-electron chi connectivity index (χ2n) is 5.08. The van der Waals surface area contributed by atoms with Crippen LogP contribution in [-0.2, 0) is 9.53 Å². The number of H-pyrrole nitrogens is 1. The van der Waals surface area contributed by atoms with Gasteiger partial charge < -0.3 is 19.2 Å². The van der Waals surface area contributed by atoms with Gasteiger partial charge in [0.1, 0.15) is 11.9 Å². The zero-order chi connectivity index (χ0) is 15.0. The first kappa shape index (κ1) is 14.2. The van der Waals surface area contributed by atoms with Gasteiger partial charge in [-0.3, -0.25) is 4.79 Å². The van der Waals surface area contributed by atoms with Gasteiger partial charge in [-0.05, 0) is 37.3 Å². The van der Waals surface area contributed by atoms with Crippen molar-refractivity contribution in [1.82, 2.24) is 14.5 Å². The van der Waals surface area contributed by atoms with E-state index in [9.17, 15) is 9.18 Å². The standard InChI is InChI=1S/C14H16FN3O2S/c1-9(13(19)17-4-6-20-7-5-17)18-12-3-2-10(15)8-11(12)16-14(18)21/h2-3,8-9H,4-7H2,1H3,(H,16,21). The molecule has 0 aliphatic carbocycles. The van der Waals surface area contributed by atoms with Crippen LogP contribution in [0, 0.1) is 10.6 Å². The fraction of sp³-hybridized carbons (Fsp3) is 0.429. The van der Waals surface area contributed by atoms with E-state index in [-0.39, 0.29) is 11.7 Å². The van der Waals surface area contributed by atoms with E-state index in [1.807, 2.05) is 6.92 Å². The van der Waals surface area contributed by atoms with E-state index in [1.54, 1.807) is 15.5 Å². The lowest BCUT2D eigenvalue weighted by molar-refractivity contribution is -0.138. The van der Waals surface area contributed by atoms with Crippen LogP contribution < -0.4 is 0 Å². The molecule has 7 heteroatoms. The van der Waals surface area contributed by atoms with Crippen molar-refractivity contribution in [2.24, 2.45) is 0 Å². The lowest BCUT2D eigenvalue weighted by Crippen LogP contribution is -2.43. The van der Waals surface area contributed by atoms with Crippen LogP contribution in [0.15, 0.2) is 18.2 Å². The highest BCUT2D eigenvalue weighted by atomic mass is 32.1. The van der Waals surface area contributed by atoms with Crippen LogP contribution in [0.3, 0.4) is 0 Å². The van der Waals surface area contributed by atoms with Gasteiger partial charge in [0.05, 0.1) is 24.2 Å². The maximum atomic E-state index is 13.3. The Labute approximate surface area is 126 Å². The van der Waals surface area contributed by atoms with Crippen LogP contribution >= 0.6 is 12.2 Å². The van der Waals surface area contributed by atoms with E-state index in [0.717, 1.165) is 5.52 Å². The van der Waals surface area contributed by atoms with Gasteiger partial charge in [-0.2, -0.15) is 0 Å². The summed E-state index contributed by atoms with van der Waals surface area (Å²) in [4.78, 5) is 17.3. The van der Waals surface area contributed by atoms with Crippen molar-refractivity contribution < 1.29 is 13.9 Å². The largest absolute Gasteiger partial charge is 0.378 e. The Balaban J connectivity index is 1.97. The number of ether oxygens (including phenoxy) is 1. The van der Waals surface area contributed by atoms with Crippen molar-refractivity contribution >= 4 is 29.2 Å². The van der Waals surface area contributed by atoms with E-state index in [0.29, 0.717) is 36.6 Å². The molecule has 1 N–H and O–H groups in total. The number of hydrogen-bond donors (Lipinski definition) is 1. The predicted octanol–water partition coefficient (Wildman–Crippen LogP) is 2.26. The van der Waals surface area contributed by atoms with Gasteiger partial charge in [0, 0.05) is 13.1 Å². The number of benzene rings is 1. The molecule has 3 rings (SSSR count). The molecule has 1 unspecified atom stereocenters. The molecule has 0 radical (unpaired) electrons. The van der Waals surface area contributed by atoms with Crippen molar-refractivity contribution in [1.29, 1.82) is 0 Å². The highest BCUT2D eigenvalue weighted by Crippen LogP contribution is 2.21. The summed E-state index contributed by atoms with van der Waals surface area (Å²) in [6.07, 6.45) is 0. The van der Waals surface area contributed by atoms with Crippen LogP contribution in [0.5, 0.6) is 0 Å². The molecule has 0 bridgehead atoms. The van der Waals surface area contributed by atoms with Crippen molar-refractivity contribution in [3.63, 3.8) is 0 Å². The molecule has 0 saturated carbocycles. The fourth-order valence-corrected chi connectivity index (χ4v) is 3.01. The second kappa shape index (κ2) is 5.57. The number of amides is 1. The van der Waals surface area contributed by atoms with E-state index in [1.165, 1.54) is 12.1 Å². The molecule has 1 aromatic heterocycles. The van der Waals surface area contributed by atoms with Crippen LogP contribution in [0.2, 0.25) is 0 Å². The number of nitrogens with one attached hydrogen (secondary N) is 1. The van der Waals surface area contributed by atoms with E-state index in [2.05, 4.69) is 4.98 Å². The second-order valence-corrected chi connectivity index (χ2v) is 5.46. The molecule has 1 saturated heterocycles. The molecule has 1 atom stereocenters. The number of carbonyl (C=O) groups excluding carboxylic acids is 1. The third kappa shape index (κ3) is 2.58. The molecule has 112 valence electrons. The Kier molecular flexibility index (Phi) is 3.77. The van der Waals surface area contributed by atoms with Crippen LogP contribution in [0.4, 0.5) is 4.39 Å². The van der Waals surface area contributed by atoms with Crippen molar-refractivity contribution in [3.8, 4) is 0 Å². The van der Waals surface area contributed by atoms with Crippen LogP contribution in [-0.4, -0.2) is 46.7 Å². The van der Waals surface area contributed by atoms with Gasteiger partial charge in [0.2, 0.25) is 5.91 Å². The topological polar surface area (TPSA) is 50.3 Å². The predicted molar refractivity (Wildman–Crippen MR) is 79.2 cm³/mol. The Morgan fingerprint density at radius 1 is 1.43 bits per heavy atom. The summed E-state index contributed by atoms with van der Waals surface area (Å²) in [7, 11) is 0. The minimum absolute atomic E-state index is 0.000347. The summed E-state index contributed by atoms with van der Waals surface area (Å²) in [5, 5.41) is 0. The van der Waals surface area contributed by atoms with E-state index >= 15 is 0 Å². The van der Waals surface area contributed by atoms with Crippen LogP contribution in [0.1, 0.15) is 13.0 Å². The SMILES string of the molecule is CC(C(=O)N1CCOCC1)n1c(=S)[nH]c2cc(F)ccc21. The summed E-state index contributed by atoms with van der Waals surface area (Å²) in [5.74, 6) is -0.335. The van der Waals surface area contributed by atoms with Gasteiger partial charge in [-0.1, -0.05) is 0 Å². The first-order valence-corrected chi connectivity index (χ1v) is 7.25. The fourth-order valence-electron chi connectivity index (χ4n) is 2.65. The zero-order valence-electron chi connectivity index (χ0n) is 11.6. The number of nitrogens with zero attached hydrogens (tertiary/aromatic N) is 2. The number of carbonyl (C=O) groups is 1. The first-order valence-electron chi connectivity index (χ1n) is 6.84. The third-order valence-electron chi connectivity index (χ3n) is 3.75. The molecule has 0 spiro atoms. The molecule has 1 aromatic carbocycles. The molecular formula is C14H16FN3O2S. The van der Waals surface area contributed by atoms with Crippen molar-refractivity contribution in [2.45, 2.75) is 13.0 Å². The lowest BCUT2D eigenvalue weighted by atomic mass is 10.2. The number of fused-ring (bicyclic) bond motifs is 1. The lowest BCUT2D eigenvalue weighted by Gasteiger charge is -2.29. The van der Waals surface area contributed by atoms with Crippen molar-refractivity contribution in [2.75, 3.05) is 26.3 Å². The molecule has 5 nitrogen and oxygen atoms in total. The van der Waals surface area contributed by atoms with Gasteiger partial charge in [-0.15, -0.1) is 0 Å². The Hall–Kier alpha value is -1.73. The van der Waals surface area contributed by atoms with Gasteiger partial charge in [0.25, 0.3) is 0 Å². The van der Waals surface area contributed by atoms with Gasteiger partial charge in [-0.25, -0.2) is 4.39 Å². The number of halogens is 1. The average molecular weight is 309 g/mol. The Morgan fingerprint density at radius 2 is 2.14 bits per heavy atom. The smallest absolute Gasteiger partial charge is 0.245 e. The van der Waals surface area contributed by atoms with Gasteiger partial charge in [0.15, 0.2) is 4.77 Å². The third-order valence-corrected chi connectivity index (χ3v) is 4.04. The Bertz CT molecular complexity index is 733. The maximum absolute atomic E-state index is 13.3. The number of rotatable bonds is 2. The summed E-state index contributed by atoms with van der Waals surface area (Å²) in [6.45, 7) is 4.11. The molecular weight excluding hydrogens is 293 g/mol. The molecule has 1 amide bonds. The quantitative estimate of drug-likeness (QED) is 0.866. The average Bonchev–Trinajstić information content (AvgIpc) is 2.81. The number of imidazole rings is 1. The Morgan fingerprint density at radius 3 is 2.86 bits per heavy atom. The van der Waals surface area contributed by atoms with Crippen LogP contribution in [0.25, 0.3) is 11.0 Å². The highest BCUT2D eigenvalue weighted by Gasteiger charge is 2.25. The van der Waals surface area contributed by atoms with E-state index in [4.69, 9.17) is 17.0 Å².